The van der Waals surface area contributed by atoms with Crippen molar-refractivity contribution in [2.24, 2.45) is 0 Å². The van der Waals surface area contributed by atoms with Gasteiger partial charge in [-0.3, -0.25) is 0 Å². The lowest BCUT2D eigenvalue weighted by molar-refractivity contribution is 0.708. The highest BCUT2D eigenvalue weighted by Crippen LogP contribution is 2.42. The van der Waals surface area contributed by atoms with Gasteiger partial charge in [0.05, 0.1) is 11.9 Å². The highest BCUT2D eigenvalue weighted by atomic mass is 35.5. The Bertz CT molecular complexity index is 615. The Morgan fingerprint density at radius 2 is 2.11 bits per heavy atom. The molecule has 1 N–H and O–H groups in total. The molecule has 0 amide bonds. The van der Waals surface area contributed by atoms with Crippen molar-refractivity contribution in [3.63, 3.8) is 0 Å². The zero-order valence-corrected chi connectivity index (χ0v) is 10.9. The molecule has 4 nitrogen and oxygen atoms in total. The fraction of sp³-hybridized carbons (Fsp3) is 0.538. The summed E-state index contributed by atoms with van der Waals surface area (Å²) < 4.78 is 1.82. The van der Waals surface area contributed by atoms with Crippen molar-refractivity contribution in [2.75, 3.05) is 13.1 Å². The predicted molar refractivity (Wildman–Crippen MR) is 70.2 cm³/mol. The SMILES string of the molecule is Clc1c2c(nc3c(C4CC4)cnn13)CCNCC2. The summed E-state index contributed by atoms with van der Waals surface area (Å²) in [6.45, 7) is 1.95. The van der Waals surface area contributed by atoms with Crippen LogP contribution in [0.1, 0.15) is 35.6 Å². The third-order valence-corrected chi connectivity index (χ3v) is 4.29. The number of nitrogens with one attached hydrogen (secondary N) is 1. The standard InChI is InChI=1S/C13H15ClN4/c14-12-9-3-5-15-6-4-11(9)17-13-10(8-1-2-8)7-16-18(12)13/h7-8,15H,1-6H2. The van der Waals surface area contributed by atoms with Crippen molar-refractivity contribution in [1.82, 2.24) is 19.9 Å². The maximum atomic E-state index is 6.50. The van der Waals surface area contributed by atoms with Gasteiger partial charge in [0, 0.05) is 24.1 Å². The van der Waals surface area contributed by atoms with Crippen LogP contribution in [0.15, 0.2) is 6.20 Å². The van der Waals surface area contributed by atoms with Crippen LogP contribution in [-0.2, 0) is 12.8 Å². The lowest BCUT2D eigenvalue weighted by atomic mass is 10.1. The summed E-state index contributed by atoms with van der Waals surface area (Å²) in [7, 11) is 0. The average Bonchev–Trinajstić information content (AvgIpc) is 3.15. The van der Waals surface area contributed by atoms with Crippen molar-refractivity contribution in [1.29, 1.82) is 0 Å². The molecule has 0 radical (unpaired) electrons. The van der Waals surface area contributed by atoms with Gasteiger partial charge in [0.15, 0.2) is 5.65 Å². The van der Waals surface area contributed by atoms with Crippen molar-refractivity contribution in [2.45, 2.75) is 31.6 Å². The molecule has 1 aliphatic carbocycles. The first-order chi connectivity index (χ1) is 8.84. The topological polar surface area (TPSA) is 42.2 Å². The molecule has 0 aromatic carbocycles. The van der Waals surface area contributed by atoms with E-state index in [9.17, 15) is 0 Å². The van der Waals surface area contributed by atoms with Crippen LogP contribution in [0.2, 0.25) is 5.15 Å². The summed E-state index contributed by atoms with van der Waals surface area (Å²) in [5, 5.41) is 8.56. The van der Waals surface area contributed by atoms with Crippen LogP contribution in [0, 0.1) is 0 Å². The highest BCUT2D eigenvalue weighted by molar-refractivity contribution is 6.30. The number of hydrogen-bond acceptors (Lipinski definition) is 3. The molecular weight excluding hydrogens is 248 g/mol. The summed E-state index contributed by atoms with van der Waals surface area (Å²) in [6.07, 6.45) is 6.37. The summed E-state index contributed by atoms with van der Waals surface area (Å²) in [6, 6.07) is 0. The smallest absolute Gasteiger partial charge is 0.160 e. The number of rotatable bonds is 1. The van der Waals surface area contributed by atoms with Gasteiger partial charge in [0.1, 0.15) is 5.15 Å². The number of aromatic nitrogens is 3. The van der Waals surface area contributed by atoms with Gasteiger partial charge in [0.25, 0.3) is 0 Å². The summed E-state index contributed by atoms with van der Waals surface area (Å²) in [5.41, 5.74) is 4.57. The van der Waals surface area contributed by atoms with Gasteiger partial charge in [-0.1, -0.05) is 11.6 Å². The van der Waals surface area contributed by atoms with E-state index in [1.165, 1.54) is 24.0 Å². The minimum Gasteiger partial charge on any atom is -0.316 e. The Morgan fingerprint density at radius 1 is 1.28 bits per heavy atom. The third kappa shape index (κ3) is 1.56. The molecule has 0 atom stereocenters. The summed E-state index contributed by atoms with van der Waals surface area (Å²) >= 11 is 6.50. The fourth-order valence-corrected chi connectivity index (χ4v) is 3.06. The van der Waals surface area contributed by atoms with E-state index < -0.39 is 0 Å². The van der Waals surface area contributed by atoms with Gasteiger partial charge < -0.3 is 5.32 Å². The van der Waals surface area contributed by atoms with Crippen molar-refractivity contribution < 1.29 is 0 Å². The normalized spacial score (nSPS) is 19.8. The molecule has 2 aliphatic rings. The lowest BCUT2D eigenvalue weighted by Gasteiger charge is -2.09. The van der Waals surface area contributed by atoms with E-state index in [0.29, 0.717) is 5.92 Å². The Morgan fingerprint density at radius 3 is 2.94 bits per heavy atom. The van der Waals surface area contributed by atoms with E-state index in [1.807, 2.05) is 10.7 Å². The second-order valence-corrected chi connectivity index (χ2v) is 5.55. The van der Waals surface area contributed by atoms with E-state index in [0.717, 1.165) is 42.4 Å². The van der Waals surface area contributed by atoms with Crippen LogP contribution in [0.4, 0.5) is 0 Å². The largest absolute Gasteiger partial charge is 0.316 e. The van der Waals surface area contributed by atoms with Crippen LogP contribution in [0.3, 0.4) is 0 Å². The second-order valence-electron chi connectivity index (χ2n) is 5.19. The molecule has 5 heteroatoms. The van der Waals surface area contributed by atoms with Crippen molar-refractivity contribution in [3.8, 4) is 0 Å². The maximum Gasteiger partial charge on any atom is 0.160 e. The third-order valence-electron chi connectivity index (χ3n) is 3.90. The summed E-state index contributed by atoms with van der Waals surface area (Å²) in [4.78, 5) is 4.83. The predicted octanol–water partition coefficient (Wildman–Crippen LogP) is 1.95. The number of halogens is 1. The number of fused-ring (bicyclic) bond motifs is 2. The molecular formula is C13H15ClN4. The van der Waals surface area contributed by atoms with E-state index in [1.54, 1.807) is 0 Å². The Labute approximate surface area is 110 Å². The molecule has 0 spiro atoms. The molecule has 0 bridgehead atoms. The minimum atomic E-state index is 0.660. The number of nitrogens with zero attached hydrogens (tertiary/aromatic N) is 3. The zero-order chi connectivity index (χ0) is 12.1. The molecule has 4 rings (SSSR count). The van der Waals surface area contributed by atoms with Gasteiger partial charge in [-0.15, -0.1) is 0 Å². The van der Waals surface area contributed by atoms with Crippen molar-refractivity contribution >= 4 is 17.2 Å². The number of hydrogen-bond donors (Lipinski definition) is 1. The zero-order valence-electron chi connectivity index (χ0n) is 10.1. The Balaban J connectivity index is 1.96. The van der Waals surface area contributed by atoms with Gasteiger partial charge in [-0.05, 0) is 31.7 Å². The molecule has 94 valence electrons. The van der Waals surface area contributed by atoms with E-state index in [-0.39, 0.29) is 0 Å². The minimum absolute atomic E-state index is 0.660. The highest BCUT2D eigenvalue weighted by Gasteiger charge is 2.29. The fourth-order valence-electron chi connectivity index (χ4n) is 2.73. The molecule has 3 heterocycles. The van der Waals surface area contributed by atoms with E-state index in [2.05, 4.69) is 10.4 Å². The van der Waals surface area contributed by atoms with Gasteiger partial charge in [-0.2, -0.15) is 5.10 Å². The molecule has 18 heavy (non-hydrogen) atoms. The van der Waals surface area contributed by atoms with Crippen LogP contribution >= 0.6 is 11.6 Å². The molecule has 0 saturated heterocycles. The van der Waals surface area contributed by atoms with Crippen LogP contribution in [0.5, 0.6) is 0 Å². The lowest BCUT2D eigenvalue weighted by Crippen LogP contribution is -2.16. The van der Waals surface area contributed by atoms with Crippen LogP contribution in [-0.4, -0.2) is 27.7 Å². The quantitative estimate of drug-likeness (QED) is 0.799. The van der Waals surface area contributed by atoms with Crippen LogP contribution in [0.25, 0.3) is 5.65 Å². The molecule has 2 aromatic rings. The molecule has 1 saturated carbocycles. The van der Waals surface area contributed by atoms with Gasteiger partial charge in [-0.25, -0.2) is 9.50 Å². The van der Waals surface area contributed by atoms with Gasteiger partial charge >= 0.3 is 0 Å². The monoisotopic (exact) mass is 262 g/mol. The van der Waals surface area contributed by atoms with Gasteiger partial charge in [0.2, 0.25) is 0 Å². The van der Waals surface area contributed by atoms with Crippen LogP contribution < -0.4 is 5.32 Å². The summed E-state index contributed by atoms with van der Waals surface area (Å²) in [5.74, 6) is 0.660. The van der Waals surface area contributed by atoms with E-state index >= 15 is 0 Å². The first kappa shape index (κ1) is 10.8. The molecule has 1 aliphatic heterocycles. The Hall–Kier alpha value is -1.13. The average molecular weight is 263 g/mol. The second kappa shape index (κ2) is 3.93. The molecule has 1 fully saturated rings. The first-order valence-corrected chi connectivity index (χ1v) is 6.98. The van der Waals surface area contributed by atoms with Crippen molar-refractivity contribution in [3.05, 3.63) is 28.2 Å². The van der Waals surface area contributed by atoms with E-state index in [4.69, 9.17) is 16.6 Å². The molecule has 2 aromatic heterocycles. The maximum absolute atomic E-state index is 6.50. The molecule has 0 unspecified atom stereocenters. The Kier molecular flexibility index (Phi) is 2.35. The first-order valence-electron chi connectivity index (χ1n) is 6.60.